The van der Waals surface area contributed by atoms with E-state index in [1.54, 1.807) is 30.3 Å². The summed E-state index contributed by atoms with van der Waals surface area (Å²) in [7, 11) is -3.62. The van der Waals surface area contributed by atoms with Crippen molar-refractivity contribution >= 4 is 27.3 Å². The molecule has 2 aromatic carbocycles. The molecule has 0 unspecified atom stereocenters. The summed E-state index contributed by atoms with van der Waals surface area (Å²) in [6.07, 6.45) is 1.97. The fraction of sp³-hybridized carbons (Fsp3) is 0.350. The first-order valence-electron chi connectivity index (χ1n) is 8.78. The third-order valence-electron chi connectivity index (χ3n) is 4.08. The summed E-state index contributed by atoms with van der Waals surface area (Å²) < 4.78 is 31.0. The number of hydrogen-bond donors (Lipinski definition) is 1. The minimum atomic E-state index is -3.62. The van der Waals surface area contributed by atoms with Crippen LogP contribution >= 0.6 is 0 Å². The summed E-state index contributed by atoms with van der Waals surface area (Å²) >= 11 is 0. The third kappa shape index (κ3) is 5.99. The summed E-state index contributed by atoms with van der Waals surface area (Å²) in [6.45, 7) is 6.23. The first-order valence-corrected chi connectivity index (χ1v) is 10.6. The minimum absolute atomic E-state index is 0.305. The fourth-order valence-electron chi connectivity index (χ4n) is 2.48. The van der Waals surface area contributed by atoms with Crippen LogP contribution in [-0.2, 0) is 14.8 Å². The topological polar surface area (TPSA) is 75.7 Å². The molecular formula is C20H26N2O4S. The number of ether oxygens (including phenoxy) is 1. The number of nitrogens with one attached hydrogen (secondary N) is 1. The van der Waals surface area contributed by atoms with Gasteiger partial charge in [0.2, 0.25) is 15.9 Å². The second kappa shape index (κ2) is 8.90. The zero-order valence-corrected chi connectivity index (χ0v) is 17.0. The van der Waals surface area contributed by atoms with E-state index in [9.17, 15) is 13.2 Å². The van der Waals surface area contributed by atoms with Gasteiger partial charge in [-0.05, 0) is 67.8 Å². The van der Waals surface area contributed by atoms with Crippen LogP contribution in [0, 0.1) is 13.8 Å². The van der Waals surface area contributed by atoms with E-state index in [4.69, 9.17) is 4.74 Å². The molecule has 0 saturated carbocycles. The van der Waals surface area contributed by atoms with E-state index < -0.39 is 15.9 Å². The van der Waals surface area contributed by atoms with Gasteiger partial charge in [-0.25, -0.2) is 8.42 Å². The molecule has 0 aliphatic carbocycles. The molecule has 27 heavy (non-hydrogen) atoms. The molecule has 1 amide bonds. The predicted molar refractivity (Wildman–Crippen MR) is 109 cm³/mol. The van der Waals surface area contributed by atoms with Gasteiger partial charge in [-0.2, -0.15) is 0 Å². The van der Waals surface area contributed by atoms with Gasteiger partial charge >= 0.3 is 0 Å². The summed E-state index contributed by atoms with van der Waals surface area (Å²) in [6, 6.07) is 12.2. The van der Waals surface area contributed by atoms with Crippen LogP contribution in [0.5, 0.6) is 5.75 Å². The highest BCUT2D eigenvalue weighted by Gasteiger charge is 2.21. The maximum atomic E-state index is 12.4. The van der Waals surface area contributed by atoms with Crippen LogP contribution in [0.3, 0.4) is 0 Å². The Labute approximate surface area is 161 Å². The number of carbonyl (C=O) groups is 1. The number of carbonyl (C=O) groups excluding carboxylic acids is 1. The van der Waals surface area contributed by atoms with E-state index in [1.807, 2.05) is 32.9 Å². The molecule has 0 aromatic heterocycles. The van der Waals surface area contributed by atoms with Gasteiger partial charge in [0, 0.05) is 5.69 Å². The quantitative estimate of drug-likeness (QED) is 0.749. The van der Waals surface area contributed by atoms with Gasteiger partial charge < -0.3 is 10.1 Å². The van der Waals surface area contributed by atoms with Gasteiger partial charge in [0.05, 0.1) is 18.6 Å². The van der Waals surface area contributed by atoms with Crippen molar-refractivity contribution in [1.29, 1.82) is 0 Å². The van der Waals surface area contributed by atoms with Crippen molar-refractivity contribution in [3.8, 4) is 5.75 Å². The lowest BCUT2D eigenvalue weighted by atomic mass is 10.1. The van der Waals surface area contributed by atoms with Crippen molar-refractivity contribution in [2.75, 3.05) is 29.0 Å². The van der Waals surface area contributed by atoms with Crippen LogP contribution < -0.4 is 14.4 Å². The molecular weight excluding hydrogens is 364 g/mol. The lowest BCUT2D eigenvalue weighted by Crippen LogP contribution is -2.37. The molecule has 0 fully saturated rings. The van der Waals surface area contributed by atoms with Crippen molar-refractivity contribution in [2.45, 2.75) is 27.2 Å². The van der Waals surface area contributed by atoms with Crippen LogP contribution in [0.1, 0.15) is 24.5 Å². The Kier molecular flexibility index (Phi) is 6.85. The van der Waals surface area contributed by atoms with E-state index in [2.05, 4.69) is 5.32 Å². The van der Waals surface area contributed by atoms with Gasteiger partial charge in [-0.1, -0.05) is 13.0 Å². The van der Waals surface area contributed by atoms with Crippen molar-refractivity contribution in [3.05, 3.63) is 53.6 Å². The molecule has 0 aliphatic rings. The van der Waals surface area contributed by atoms with E-state index in [0.717, 1.165) is 28.1 Å². The lowest BCUT2D eigenvalue weighted by molar-refractivity contribution is -0.114. The molecule has 0 spiro atoms. The molecule has 0 saturated heterocycles. The maximum absolute atomic E-state index is 12.4. The minimum Gasteiger partial charge on any atom is -0.494 e. The number of sulfonamides is 1. The summed E-state index contributed by atoms with van der Waals surface area (Å²) in [5.41, 5.74) is 3.23. The van der Waals surface area contributed by atoms with Crippen LogP contribution in [0.15, 0.2) is 42.5 Å². The number of aryl methyl sites for hydroxylation is 2. The largest absolute Gasteiger partial charge is 0.494 e. The van der Waals surface area contributed by atoms with Crippen molar-refractivity contribution in [1.82, 2.24) is 0 Å². The van der Waals surface area contributed by atoms with Crippen molar-refractivity contribution in [3.63, 3.8) is 0 Å². The van der Waals surface area contributed by atoms with Gasteiger partial charge in [0.1, 0.15) is 12.3 Å². The molecule has 0 atom stereocenters. The van der Waals surface area contributed by atoms with E-state index in [0.29, 0.717) is 23.7 Å². The highest BCUT2D eigenvalue weighted by atomic mass is 32.2. The molecule has 146 valence electrons. The number of nitrogens with zero attached hydrogens (tertiary/aromatic N) is 1. The highest BCUT2D eigenvalue weighted by Crippen LogP contribution is 2.22. The van der Waals surface area contributed by atoms with Crippen molar-refractivity contribution in [2.24, 2.45) is 0 Å². The van der Waals surface area contributed by atoms with Crippen LogP contribution in [0.25, 0.3) is 0 Å². The zero-order chi connectivity index (χ0) is 20.0. The van der Waals surface area contributed by atoms with Crippen LogP contribution in [0.2, 0.25) is 0 Å². The Morgan fingerprint density at radius 2 is 1.74 bits per heavy atom. The molecule has 2 aromatic rings. The number of rotatable bonds is 8. The standard InChI is InChI=1S/C20H26N2O4S/c1-5-12-26-19-10-8-18(9-11-19)22(27(4,24)25)14-20(23)21-17-7-6-15(2)16(3)13-17/h6-11,13H,5,12,14H2,1-4H3,(H,21,23). The summed E-state index contributed by atoms with van der Waals surface area (Å²) in [5.74, 6) is 0.253. The third-order valence-corrected chi connectivity index (χ3v) is 5.22. The second-order valence-corrected chi connectivity index (χ2v) is 8.37. The van der Waals surface area contributed by atoms with Gasteiger partial charge in [0.15, 0.2) is 0 Å². The number of anilines is 2. The fourth-order valence-corrected chi connectivity index (χ4v) is 3.34. The smallest absolute Gasteiger partial charge is 0.245 e. The number of benzene rings is 2. The van der Waals surface area contributed by atoms with E-state index >= 15 is 0 Å². The molecule has 0 radical (unpaired) electrons. The Bertz CT molecular complexity index is 893. The average Bonchev–Trinajstić information content (AvgIpc) is 2.61. The van der Waals surface area contributed by atoms with Gasteiger partial charge in [-0.15, -0.1) is 0 Å². The van der Waals surface area contributed by atoms with Crippen LogP contribution in [-0.4, -0.2) is 33.7 Å². The predicted octanol–water partition coefficient (Wildman–Crippen LogP) is 3.50. The number of hydrogen-bond acceptors (Lipinski definition) is 4. The zero-order valence-electron chi connectivity index (χ0n) is 16.2. The summed E-state index contributed by atoms with van der Waals surface area (Å²) in [4.78, 5) is 12.4. The van der Waals surface area contributed by atoms with Crippen molar-refractivity contribution < 1.29 is 17.9 Å². The second-order valence-electron chi connectivity index (χ2n) is 6.46. The summed E-state index contributed by atoms with van der Waals surface area (Å²) in [5, 5.41) is 2.75. The first-order chi connectivity index (χ1) is 12.7. The SMILES string of the molecule is CCCOc1ccc(N(CC(=O)Nc2ccc(C)c(C)c2)S(C)(=O)=O)cc1. The molecule has 6 nitrogen and oxygen atoms in total. The van der Waals surface area contributed by atoms with Gasteiger partial charge in [-0.3, -0.25) is 9.10 Å². The van der Waals surface area contributed by atoms with Gasteiger partial charge in [0.25, 0.3) is 0 Å². The number of amides is 1. The molecule has 0 heterocycles. The Balaban J connectivity index is 2.14. The normalized spacial score (nSPS) is 11.1. The molecule has 7 heteroatoms. The monoisotopic (exact) mass is 390 g/mol. The Morgan fingerprint density at radius 3 is 2.30 bits per heavy atom. The molecule has 0 aliphatic heterocycles. The Morgan fingerprint density at radius 1 is 1.07 bits per heavy atom. The molecule has 0 bridgehead atoms. The highest BCUT2D eigenvalue weighted by molar-refractivity contribution is 7.92. The lowest BCUT2D eigenvalue weighted by Gasteiger charge is -2.22. The maximum Gasteiger partial charge on any atom is 0.245 e. The average molecular weight is 391 g/mol. The molecule has 2 rings (SSSR count). The Hall–Kier alpha value is -2.54. The van der Waals surface area contributed by atoms with Crippen LogP contribution in [0.4, 0.5) is 11.4 Å². The molecule has 1 N–H and O–H groups in total. The van der Waals surface area contributed by atoms with E-state index in [1.165, 1.54) is 0 Å². The first kappa shape index (κ1) is 20.8. The van der Waals surface area contributed by atoms with E-state index in [-0.39, 0.29) is 6.54 Å².